The highest BCUT2D eigenvalue weighted by Gasteiger charge is 2.16. The van der Waals surface area contributed by atoms with E-state index in [0.717, 1.165) is 0 Å². The third-order valence-corrected chi connectivity index (χ3v) is 5.41. The highest BCUT2D eigenvalue weighted by molar-refractivity contribution is 7.92. The van der Waals surface area contributed by atoms with Crippen LogP contribution in [0.15, 0.2) is 83.8 Å². The van der Waals surface area contributed by atoms with Gasteiger partial charge in [0.1, 0.15) is 0 Å². The van der Waals surface area contributed by atoms with E-state index < -0.39 is 15.9 Å². The molecule has 0 atom stereocenters. The van der Waals surface area contributed by atoms with Gasteiger partial charge in [-0.1, -0.05) is 42.5 Å². The van der Waals surface area contributed by atoms with Crippen molar-refractivity contribution >= 4 is 33.1 Å². The average Bonchev–Trinajstić information content (AvgIpc) is 2.70. The lowest BCUT2D eigenvalue weighted by molar-refractivity contribution is 0.101. The van der Waals surface area contributed by atoms with E-state index in [0.29, 0.717) is 16.8 Å². The molecule has 1 amide bonds. The summed E-state index contributed by atoms with van der Waals surface area (Å²) in [6.45, 7) is 1.45. The number of hydrogen-bond donors (Lipinski definition) is 2. The maximum Gasteiger partial charge on any atom is 0.261 e. The molecule has 3 aromatic carbocycles. The van der Waals surface area contributed by atoms with Gasteiger partial charge in [-0.15, -0.1) is 0 Å². The Labute approximate surface area is 163 Å². The number of rotatable bonds is 6. The van der Waals surface area contributed by atoms with Crippen LogP contribution in [0.4, 0.5) is 11.4 Å². The molecule has 28 heavy (non-hydrogen) atoms. The molecule has 0 bridgehead atoms. The zero-order valence-electron chi connectivity index (χ0n) is 15.0. The second-order valence-electron chi connectivity index (χ2n) is 6.05. The molecule has 6 nitrogen and oxygen atoms in total. The molecule has 0 aliphatic carbocycles. The quantitative estimate of drug-likeness (QED) is 0.620. The molecule has 2 N–H and O–H groups in total. The Balaban J connectivity index is 1.82. The smallest absolute Gasteiger partial charge is 0.261 e. The molecular weight excluding hydrogens is 376 g/mol. The fraction of sp³-hybridized carbons (Fsp3) is 0.0476. The summed E-state index contributed by atoms with van der Waals surface area (Å²) in [5.41, 5.74) is 1.43. The summed E-state index contributed by atoms with van der Waals surface area (Å²) in [5.74, 6) is -0.505. The average molecular weight is 394 g/mol. The summed E-state index contributed by atoms with van der Waals surface area (Å²) in [7, 11) is -3.79. The van der Waals surface area contributed by atoms with Gasteiger partial charge >= 0.3 is 0 Å². The first kappa shape index (κ1) is 19.3. The summed E-state index contributed by atoms with van der Waals surface area (Å²) >= 11 is 0. The van der Waals surface area contributed by atoms with Crippen LogP contribution in [0.1, 0.15) is 27.6 Å². The first-order valence-corrected chi connectivity index (χ1v) is 9.94. The molecular formula is C21H18N2O4S. The molecule has 3 rings (SSSR count). The Bertz CT molecular complexity index is 1110. The van der Waals surface area contributed by atoms with Gasteiger partial charge in [0.2, 0.25) is 0 Å². The van der Waals surface area contributed by atoms with E-state index in [-0.39, 0.29) is 16.4 Å². The number of ketones is 1. The SMILES string of the molecule is CC(=O)c1ccc(C(=O)Nc2ccccc2NS(=O)(=O)c2ccccc2)cc1. The molecule has 142 valence electrons. The predicted molar refractivity (Wildman–Crippen MR) is 108 cm³/mol. The fourth-order valence-electron chi connectivity index (χ4n) is 2.54. The number of carbonyl (C=O) groups excluding carboxylic acids is 2. The predicted octanol–water partition coefficient (Wildman–Crippen LogP) is 3.94. The van der Waals surface area contributed by atoms with Gasteiger partial charge in [-0.25, -0.2) is 8.42 Å². The Hall–Kier alpha value is -3.45. The van der Waals surface area contributed by atoms with Crippen LogP contribution in [-0.2, 0) is 10.0 Å². The van der Waals surface area contributed by atoms with E-state index in [1.807, 2.05) is 0 Å². The lowest BCUT2D eigenvalue weighted by Crippen LogP contribution is -2.17. The number of benzene rings is 3. The zero-order valence-corrected chi connectivity index (χ0v) is 15.9. The molecule has 0 heterocycles. The van der Waals surface area contributed by atoms with Crippen molar-refractivity contribution in [3.63, 3.8) is 0 Å². The van der Waals surface area contributed by atoms with Crippen molar-refractivity contribution in [2.75, 3.05) is 10.0 Å². The van der Waals surface area contributed by atoms with Crippen LogP contribution < -0.4 is 10.0 Å². The minimum absolute atomic E-state index is 0.0902. The molecule has 0 aliphatic heterocycles. The van der Waals surface area contributed by atoms with Gasteiger partial charge in [0.15, 0.2) is 5.78 Å². The minimum Gasteiger partial charge on any atom is -0.320 e. The highest BCUT2D eigenvalue weighted by atomic mass is 32.2. The largest absolute Gasteiger partial charge is 0.320 e. The molecule has 0 saturated heterocycles. The van der Waals surface area contributed by atoms with E-state index in [1.165, 1.54) is 19.1 Å². The van der Waals surface area contributed by atoms with Crippen molar-refractivity contribution in [2.45, 2.75) is 11.8 Å². The van der Waals surface area contributed by atoms with Gasteiger partial charge in [0.25, 0.3) is 15.9 Å². The maximum absolute atomic E-state index is 12.6. The van der Waals surface area contributed by atoms with Crippen LogP contribution >= 0.6 is 0 Å². The number of anilines is 2. The first-order valence-electron chi connectivity index (χ1n) is 8.46. The summed E-state index contributed by atoms with van der Waals surface area (Å²) in [4.78, 5) is 24.0. The van der Waals surface area contributed by atoms with E-state index in [1.54, 1.807) is 66.7 Å². The number of sulfonamides is 1. The summed E-state index contributed by atoms with van der Waals surface area (Å²) in [6.07, 6.45) is 0. The molecule has 0 aromatic heterocycles. The standard InChI is InChI=1S/C21H18N2O4S/c1-15(24)16-11-13-17(14-12-16)21(25)22-19-9-5-6-10-20(19)23-28(26,27)18-7-3-2-4-8-18/h2-14,23H,1H3,(H,22,25). The van der Waals surface area contributed by atoms with Crippen LogP contribution in [0.2, 0.25) is 0 Å². The first-order chi connectivity index (χ1) is 13.4. The van der Waals surface area contributed by atoms with E-state index in [4.69, 9.17) is 0 Å². The monoisotopic (exact) mass is 394 g/mol. The van der Waals surface area contributed by atoms with Crippen molar-refractivity contribution in [3.05, 3.63) is 90.0 Å². The van der Waals surface area contributed by atoms with Gasteiger partial charge in [-0.05, 0) is 43.3 Å². The van der Waals surface area contributed by atoms with Gasteiger partial charge in [0.05, 0.1) is 16.3 Å². The van der Waals surface area contributed by atoms with Crippen LogP contribution in [0.5, 0.6) is 0 Å². The number of Topliss-reactive ketones (excluding diaryl/α,β-unsaturated/α-hetero) is 1. The summed E-state index contributed by atoms with van der Waals surface area (Å²) < 4.78 is 27.6. The second kappa shape index (κ2) is 8.06. The Morgan fingerprint density at radius 2 is 1.25 bits per heavy atom. The van der Waals surface area contributed by atoms with Crippen molar-refractivity contribution in [1.82, 2.24) is 0 Å². The second-order valence-corrected chi connectivity index (χ2v) is 7.73. The Morgan fingerprint density at radius 3 is 1.86 bits per heavy atom. The minimum atomic E-state index is -3.79. The van der Waals surface area contributed by atoms with E-state index in [9.17, 15) is 18.0 Å². The lowest BCUT2D eigenvalue weighted by atomic mass is 10.1. The van der Waals surface area contributed by atoms with Gasteiger partial charge < -0.3 is 5.32 Å². The van der Waals surface area contributed by atoms with Gasteiger partial charge in [-0.3, -0.25) is 14.3 Å². The van der Waals surface area contributed by atoms with Crippen molar-refractivity contribution in [3.8, 4) is 0 Å². The molecule has 0 fully saturated rings. The maximum atomic E-state index is 12.6. The third-order valence-electron chi connectivity index (χ3n) is 4.03. The Morgan fingerprint density at radius 1 is 0.714 bits per heavy atom. The van der Waals surface area contributed by atoms with Crippen LogP contribution in [0, 0.1) is 0 Å². The molecule has 0 radical (unpaired) electrons. The van der Waals surface area contributed by atoms with Crippen molar-refractivity contribution in [1.29, 1.82) is 0 Å². The van der Waals surface area contributed by atoms with Gasteiger partial charge in [0, 0.05) is 11.1 Å². The molecule has 0 saturated carbocycles. The normalized spacial score (nSPS) is 10.9. The number of para-hydroxylation sites is 2. The lowest BCUT2D eigenvalue weighted by Gasteiger charge is -2.13. The highest BCUT2D eigenvalue weighted by Crippen LogP contribution is 2.25. The van der Waals surface area contributed by atoms with Crippen LogP contribution in [0.3, 0.4) is 0 Å². The van der Waals surface area contributed by atoms with E-state index >= 15 is 0 Å². The molecule has 3 aromatic rings. The van der Waals surface area contributed by atoms with Crippen LogP contribution in [-0.4, -0.2) is 20.1 Å². The van der Waals surface area contributed by atoms with Crippen LogP contribution in [0.25, 0.3) is 0 Å². The number of nitrogens with one attached hydrogen (secondary N) is 2. The Kier molecular flexibility index (Phi) is 5.56. The molecule has 0 unspecified atom stereocenters. The summed E-state index contributed by atoms with van der Waals surface area (Å²) in [5, 5.41) is 2.70. The summed E-state index contributed by atoms with van der Waals surface area (Å²) in [6, 6.07) is 20.7. The fourth-order valence-corrected chi connectivity index (χ4v) is 3.64. The van der Waals surface area contributed by atoms with Crippen molar-refractivity contribution < 1.29 is 18.0 Å². The number of hydrogen-bond acceptors (Lipinski definition) is 4. The van der Waals surface area contributed by atoms with Gasteiger partial charge in [-0.2, -0.15) is 0 Å². The number of amides is 1. The zero-order chi connectivity index (χ0) is 20.1. The van der Waals surface area contributed by atoms with Crippen molar-refractivity contribution in [2.24, 2.45) is 0 Å². The van der Waals surface area contributed by atoms with E-state index in [2.05, 4.69) is 10.0 Å². The third kappa shape index (κ3) is 4.44. The topological polar surface area (TPSA) is 92.3 Å². The molecule has 0 spiro atoms. The molecule has 0 aliphatic rings. The molecule has 7 heteroatoms. The number of carbonyl (C=O) groups is 2.